The topological polar surface area (TPSA) is 52.7 Å². The van der Waals surface area contributed by atoms with Gasteiger partial charge in [0.25, 0.3) is 0 Å². The fourth-order valence-corrected chi connectivity index (χ4v) is 4.19. The van der Waals surface area contributed by atoms with E-state index in [-0.39, 0.29) is 23.4 Å². The van der Waals surface area contributed by atoms with Gasteiger partial charge in [0.2, 0.25) is 11.8 Å². The van der Waals surface area contributed by atoms with Crippen LogP contribution in [0.25, 0.3) is 0 Å². The number of hydrogen-bond donors (Lipinski definition) is 1. The number of anilines is 1. The number of thioether (sulfide) groups is 1. The van der Waals surface area contributed by atoms with Gasteiger partial charge in [-0.2, -0.15) is 0 Å². The number of nitrogens with one attached hydrogen (secondary N) is 1. The van der Waals surface area contributed by atoms with Crippen molar-refractivity contribution in [3.8, 4) is 0 Å². The Hall–Kier alpha value is -2.38. The van der Waals surface area contributed by atoms with E-state index in [0.29, 0.717) is 12.3 Å². The molecule has 2 amide bonds. The van der Waals surface area contributed by atoms with Crippen LogP contribution in [-0.4, -0.2) is 59.3 Å². The molecule has 0 spiro atoms. The van der Waals surface area contributed by atoms with Crippen LogP contribution in [-0.2, 0) is 16.1 Å². The summed E-state index contributed by atoms with van der Waals surface area (Å²) in [5.74, 6) is 0.312. The first-order valence-electron chi connectivity index (χ1n) is 10.2. The van der Waals surface area contributed by atoms with E-state index in [0.717, 1.165) is 49.4 Å². The van der Waals surface area contributed by atoms with Crippen LogP contribution in [0.15, 0.2) is 48.5 Å². The first kappa shape index (κ1) is 22.3. The molecule has 7 heteroatoms. The minimum atomic E-state index is -0.226. The van der Waals surface area contributed by atoms with Crippen LogP contribution in [0.3, 0.4) is 0 Å². The highest BCUT2D eigenvalue weighted by Crippen LogP contribution is 2.13. The molecule has 0 radical (unpaired) electrons. The van der Waals surface area contributed by atoms with E-state index < -0.39 is 0 Å². The highest BCUT2D eigenvalue weighted by atomic mass is 32.2. The van der Waals surface area contributed by atoms with Gasteiger partial charge in [-0.25, -0.2) is 4.39 Å². The van der Waals surface area contributed by atoms with Crippen molar-refractivity contribution in [2.45, 2.75) is 19.9 Å². The molecule has 2 aromatic carbocycles. The number of aryl methyl sites for hydroxylation is 1. The molecular formula is C23H28FN3O2S. The van der Waals surface area contributed by atoms with Crippen molar-refractivity contribution < 1.29 is 14.0 Å². The Morgan fingerprint density at radius 3 is 2.60 bits per heavy atom. The third-order valence-electron chi connectivity index (χ3n) is 5.02. The molecule has 0 saturated carbocycles. The molecule has 0 bridgehead atoms. The summed E-state index contributed by atoms with van der Waals surface area (Å²) in [5, 5.41) is 2.86. The van der Waals surface area contributed by atoms with Gasteiger partial charge in [-0.15, -0.1) is 11.8 Å². The lowest BCUT2D eigenvalue weighted by atomic mass is 10.2. The lowest BCUT2D eigenvalue weighted by Gasteiger charge is -2.22. The van der Waals surface area contributed by atoms with Crippen molar-refractivity contribution in [3.63, 3.8) is 0 Å². The van der Waals surface area contributed by atoms with E-state index in [1.807, 2.05) is 48.2 Å². The Labute approximate surface area is 181 Å². The average Bonchev–Trinajstić information content (AvgIpc) is 2.95. The third-order valence-corrected chi connectivity index (χ3v) is 5.94. The molecule has 0 unspecified atom stereocenters. The lowest BCUT2D eigenvalue weighted by Crippen LogP contribution is -2.36. The maximum absolute atomic E-state index is 13.1. The predicted octanol–water partition coefficient (Wildman–Crippen LogP) is 3.54. The molecule has 3 rings (SSSR count). The van der Waals surface area contributed by atoms with E-state index >= 15 is 0 Å². The molecule has 1 N–H and O–H groups in total. The normalized spacial score (nSPS) is 14.9. The predicted molar refractivity (Wildman–Crippen MR) is 120 cm³/mol. The highest BCUT2D eigenvalue weighted by Gasteiger charge is 2.19. The Bertz CT molecular complexity index is 860. The molecule has 1 fully saturated rings. The second-order valence-electron chi connectivity index (χ2n) is 7.55. The Balaban J connectivity index is 1.38. The molecule has 160 valence electrons. The molecule has 30 heavy (non-hydrogen) atoms. The van der Waals surface area contributed by atoms with E-state index in [4.69, 9.17) is 0 Å². The van der Waals surface area contributed by atoms with Gasteiger partial charge in [-0.3, -0.25) is 14.5 Å². The number of amides is 2. The molecule has 1 saturated heterocycles. The zero-order chi connectivity index (χ0) is 21.3. The summed E-state index contributed by atoms with van der Waals surface area (Å²) >= 11 is 1.35. The lowest BCUT2D eigenvalue weighted by molar-refractivity contribution is -0.128. The summed E-state index contributed by atoms with van der Waals surface area (Å²) in [4.78, 5) is 28.8. The van der Waals surface area contributed by atoms with Crippen molar-refractivity contribution in [1.82, 2.24) is 9.80 Å². The molecule has 2 aromatic rings. The summed E-state index contributed by atoms with van der Waals surface area (Å²) in [6.07, 6.45) is 0.908. The molecule has 0 aliphatic carbocycles. The molecule has 1 aliphatic heterocycles. The van der Waals surface area contributed by atoms with Gasteiger partial charge >= 0.3 is 0 Å². The van der Waals surface area contributed by atoms with Crippen LogP contribution in [0.1, 0.15) is 17.5 Å². The number of rotatable bonds is 7. The van der Waals surface area contributed by atoms with Crippen molar-refractivity contribution in [2.75, 3.05) is 43.0 Å². The van der Waals surface area contributed by atoms with Crippen LogP contribution in [0.2, 0.25) is 0 Å². The van der Waals surface area contributed by atoms with E-state index in [1.165, 1.54) is 23.9 Å². The van der Waals surface area contributed by atoms with Gasteiger partial charge < -0.3 is 10.2 Å². The van der Waals surface area contributed by atoms with Crippen LogP contribution < -0.4 is 5.32 Å². The van der Waals surface area contributed by atoms with Gasteiger partial charge in [0.15, 0.2) is 0 Å². The summed E-state index contributed by atoms with van der Waals surface area (Å²) in [7, 11) is 0. The van der Waals surface area contributed by atoms with Crippen LogP contribution in [0.4, 0.5) is 10.1 Å². The van der Waals surface area contributed by atoms with Crippen LogP contribution >= 0.6 is 11.8 Å². The standard InChI is InChI=1S/C23H28FN3O2S/c1-18-4-2-5-21(14-18)25-22(28)16-30-17-23(29)27-11-3-10-26(12-13-27)15-19-6-8-20(24)9-7-19/h2,4-9,14H,3,10-13,15-17H2,1H3,(H,25,28). The minimum Gasteiger partial charge on any atom is -0.341 e. The van der Waals surface area contributed by atoms with Crippen molar-refractivity contribution in [1.29, 1.82) is 0 Å². The van der Waals surface area contributed by atoms with Gasteiger partial charge in [0.05, 0.1) is 11.5 Å². The van der Waals surface area contributed by atoms with E-state index in [1.54, 1.807) is 0 Å². The quantitative estimate of drug-likeness (QED) is 0.732. The number of hydrogen-bond acceptors (Lipinski definition) is 4. The molecular weight excluding hydrogens is 401 g/mol. The SMILES string of the molecule is Cc1cccc(NC(=O)CSCC(=O)N2CCCN(Cc3ccc(F)cc3)CC2)c1. The number of benzene rings is 2. The second-order valence-corrected chi connectivity index (χ2v) is 8.53. The van der Waals surface area contributed by atoms with Crippen LogP contribution in [0, 0.1) is 12.7 Å². The van der Waals surface area contributed by atoms with Gasteiger partial charge in [0.1, 0.15) is 5.82 Å². The molecule has 0 aromatic heterocycles. The Kier molecular flexibility index (Phi) is 8.28. The second kappa shape index (κ2) is 11.1. The number of carbonyl (C=O) groups is 2. The van der Waals surface area contributed by atoms with E-state index in [2.05, 4.69) is 10.2 Å². The third kappa shape index (κ3) is 7.15. The maximum atomic E-state index is 13.1. The zero-order valence-electron chi connectivity index (χ0n) is 17.3. The fourth-order valence-electron chi connectivity index (χ4n) is 3.47. The molecule has 1 aliphatic rings. The van der Waals surface area contributed by atoms with Gasteiger partial charge in [0, 0.05) is 38.4 Å². The molecule has 5 nitrogen and oxygen atoms in total. The van der Waals surface area contributed by atoms with Crippen molar-refractivity contribution >= 4 is 29.3 Å². The fraction of sp³-hybridized carbons (Fsp3) is 0.391. The Morgan fingerprint density at radius 1 is 1.03 bits per heavy atom. The largest absolute Gasteiger partial charge is 0.341 e. The zero-order valence-corrected chi connectivity index (χ0v) is 18.1. The molecule has 0 atom stereocenters. The average molecular weight is 430 g/mol. The minimum absolute atomic E-state index is 0.0759. The number of halogens is 1. The van der Waals surface area contributed by atoms with Gasteiger partial charge in [-0.1, -0.05) is 24.3 Å². The van der Waals surface area contributed by atoms with Gasteiger partial charge in [-0.05, 0) is 48.7 Å². The first-order valence-corrected chi connectivity index (χ1v) is 11.3. The first-order chi connectivity index (χ1) is 14.5. The maximum Gasteiger partial charge on any atom is 0.234 e. The van der Waals surface area contributed by atoms with Crippen molar-refractivity contribution in [3.05, 3.63) is 65.5 Å². The molecule has 1 heterocycles. The highest BCUT2D eigenvalue weighted by molar-refractivity contribution is 8.00. The summed E-state index contributed by atoms with van der Waals surface area (Å²) < 4.78 is 13.1. The smallest absolute Gasteiger partial charge is 0.234 e. The van der Waals surface area contributed by atoms with Crippen LogP contribution in [0.5, 0.6) is 0 Å². The number of nitrogens with zero attached hydrogens (tertiary/aromatic N) is 2. The van der Waals surface area contributed by atoms with E-state index in [9.17, 15) is 14.0 Å². The Morgan fingerprint density at radius 2 is 1.83 bits per heavy atom. The summed E-state index contributed by atoms with van der Waals surface area (Å²) in [5.41, 5.74) is 2.94. The monoisotopic (exact) mass is 429 g/mol. The summed E-state index contributed by atoms with van der Waals surface area (Å²) in [6.45, 7) is 5.85. The summed E-state index contributed by atoms with van der Waals surface area (Å²) in [6, 6.07) is 14.2. The number of carbonyl (C=O) groups excluding carboxylic acids is 2. The van der Waals surface area contributed by atoms with Crippen molar-refractivity contribution in [2.24, 2.45) is 0 Å².